The van der Waals surface area contributed by atoms with E-state index < -0.39 is 6.10 Å². The lowest BCUT2D eigenvalue weighted by Crippen LogP contribution is -2.29. The van der Waals surface area contributed by atoms with Crippen LogP contribution >= 0.6 is 0 Å². The average Bonchev–Trinajstić information content (AvgIpc) is 2.37. The summed E-state index contributed by atoms with van der Waals surface area (Å²) in [5.41, 5.74) is 4.04. The molecule has 0 radical (unpaired) electrons. The summed E-state index contributed by atoms with van der Waals surface area (Å²) in [5, 5.41) is 18.9. The number of aliphatic hydroxyl groups is 2. The van der Waals surface area contributed by atoms with Gasteiger partial charge in [0, 0.05) is 0 Å². The van der Waals surface area contributed by atoms with Crippen LogP contribution < -0.4 is 0 Å². The summed E-state index contributed by atoms with van der Waals surface area (Å²) in [7, 11) is 0. The summed E-state index contributed by atoms with van der Waals surface area (Å²) in [6.45, 7) is 13.1. The van der Waals surface area contributed by atoms with E-state index in [0.29, 0.717) is 17.8 Å². The molecule has 2 N–H and O–H groups in total. The van der Waals surface area contributed by atoms with Crippen LogP contribution in [-0.2, 0) is 0 Å². The standard InChI is InChI=1S/C20H34O2/c1-15(13-18(22)14-16(2)10-12-21)8-9-19-17(3)7-6-11-20(19,4)5/h10,13,18-19,21-22H,3,6-9,11-12,14H2,1-2,4-5H3. The van der Waals surface area contributed by atoms with Gasteiger partial charge in [0.25, 0.3) is 0 Å². The quantitative estimate of drug-likeness (QED) is 0.664. The zero-order valence-corrected chi connectivity index (χ0v) is 14.9. The van der Waals surface area contributed by atoms with Crippen LogP contribution in [0, 0.1) is 11.3 Å². The molecule has 126 valence electrons. The van der Waals surface area contributed by atoms with E-state index in [1.165, 1.54) is 30.4 Å². The second-order valence-corrected chi connectivity index (χ2v) is 7.61. The molecule has 2 nitrogen and oxygen atoms in total. The van der Waals surface area contributed by atoms with Gasteiger partial charge in [-0.3, -0.25) is 0 Å². The molecular formula is C20H34O2. The number of hydrogen-bond acceptors (Lipinski definition) is 2. The van der Waals surface area contributed by atoms with Crippen LogP contribution in [0.1, 0.15) is 66.2 Å². The summed E-state index contributed by atoms with van der Waals surface area (Å²) in [4.78, 5) is 0. The highest BCUT2D eigenvalue weighted by molar-refractivity contribution is 5.12. The Morgan fingerprint density at radius 3 is 2.64 bits per heavy atom. The summed E-state index contributed by atoms with van der Waals surface area (Å²) in [6, 6.07) is 0. The minimum Gasteiger partial charge on any atom is -0.392 e. The minimum absolute atomic E-state index is 0.0418. The normalized spacial score (nSPS) is 24.5. The molecule has 22 heavy (non-hydrogen) atoms. The van der Waals surface area contributed by atoms with Crippen LogP contribution in [0.15, 0.2) is 35.5 Å². The van der Waals surface area contributed by atoms with Gasteiger partial charge >= 0.3 is 0 Å². The van der Waals surface area contributed by atoms with Crippen molar-refractivity contribution in [1.29, 1.82) is 0 Å². The van der Waals surface area contributed by atoms with Crippen molar-refractivity contribution in [2.24, 2.45) is 11.3 Å². The predicted octanol–water partition coefficient (Wildman–Crippen LogP) is 4.79. The van der Waals surface area contributed by atoms with Gasteiger partial charge in [0.2, 0.25) is 0 Å². The van der Waals surface area contributed by atoms with Gasteiger partial charge in [0.15, 0.2) is 0 Å². The second kappa shape index (κ2) is 8.69. The van der Waals surface area contributed by atoms with Gasteiger partial charge in [-0.15, -0.1) is 0 Å². The third kappa shape index (κ3) is 6.10. The van der Waals surface area contributed by atoms with E-state index in [2.05, 4.69) is 27.4 Å². The third-order valence-electron chi connectivity index (χ3n) is 5.03. The lowest BCUT2D eigenvalue weighted by molar-refractivity contribution is 0.180. The molecule has 1 aliphatic rings. The highest BCUT2D eigenvalue weighted by Crippen LogP contribution is 2.45. The molecule has 0 aromatic rings. The lowest BCUT2D eigenvalue weighted by Gasteiger charge is -2.40. The van der Waals surface area contributed by atoms with Gasteiger partial charge in [0.05, 0.1) is 12.7 Å². The van der Waals surface area contributed by atoms with E-state index in [9.17, 15) is 5.11 Å². The Labute approximate surface area is 136 Å². The van der Waals surface area contributed by atoms with Gasteiger partial charge in [-0.05, 0) is 63.7 Å². The van der Waals surface area contributed by atoms with E-state index in [1.54, 1.807) is 6.08 Å². The zero-order chi connectivity index (χ0) is 16.8. The number of allylic oxidation sites excluding steroid dienone is 2. The second-order valence-electron chi connectivity index (χ2n) is 7.61. The van der Waals surface area contributed by atoms with Crippen molar-refractivity contribution in [2.75, 3.05) is 6.61 Å². The molecule has 0 heterocycles. The maximum atomic E-state index is 10.1. The van der Waals surface area contributed by atoms with Crippen molar-refractivity contribution in [1.82, 2.24) is 0 Å². The highest BCUT2D eigenvalue weighted by Gasteiger charge is 2.33. The van der Waals surface area contributed by atoms with Crippen LogP contribution in [0.2, 0.25) is 0 Å². The number of aliphatic hydroxyl groups excluding tert-OH is 2. The fourth-order valence-corrected chi connectivity index (χ4v) is 3.68. The molecule has 0 aromatic heterocycles. The zero-order valence-electron chi connectivity index (χ0n) is 14.9. The van der Waals surface area contributed by atoms with Crippen molar-refractivity contribution >= 4 is 0 Å². The smallest absolute Gasteiger partial charge is 0.0760 e. The molecule has 0 aromatic carbocycles. The third-order valence-corrected chi connectivity index (χ3v) is 5.03. The molecule has 2 unspecified atom stereocenters. The van der Waals surface area contributed by atoms with Gasteiger partial charge in [-0.25, -0.2) is 0 Å². The maximum Gasteiger partial charge on any atom is 0.0760 e. The Kier molecular flexibility index (Phi) is 7.58. The topological polar surface area (TPSA) is 40.5 Å². The average molecular weight is 306 g/mol. The van der Waals surface area contributed by atoms with E-state index in [-0.39, 0.29) is 6.61 Å². The van der Waals surface area contributed by atoms with E-state index >= 15 is 0 Å². The SMILES string of the molecule is C=C1CCCC(C)(C)C1CCC(C)=CC(O)CC(C)=CCO. The first kappa shape index (κ1) is 19.2. The molecule has 2 heteroatoms. The Morgan fingerprint density at radius 1 is 1.36 bits per heavy atom. The molecule has 0 amide bonds. The Balaban J connectivity index is 2.53. The molecule has 0 spiro atoms. The Hall–Kier alpha value is -0.860. The predicted molar refractivity (Wildman–Crippen MR) is 94.7 cm³/mol. The van der Waals surface area contributed by atoms with Crippen LogP contribution in [0.3, 0.4) is 0 Å². The Morgan fingerprint density at radius 2 is 2.05 bits per heavy atom. The van der Waals surface area contributed by atoms with Crippen LogP contribution in [0.25, 0.3) is 0 Å². The van der Waals surface area contributed by atoms with Crippen molar-refractivity contribution in [2.45, 2.75) is 72.3 Å². The van der Waals surface area contributed by atoms with Crippen molar-refractivity contribution < 1.29 is 10.2 Å². The van der Waals surface area contributed by atoms with Crippen molar-refractivity contribution in [3.63, 3.8) is 0 Å². The summed E-state index contributed by atoms with van der Waals surface area (Å²) < 4.78 is 0. The van der Waals surface area contributed by atoms with Gasteiger partial charge in [0.1, 0.15) is 0 Å². The van der Waals surface area contributed by atoms with Crippen molar-refractivity contribution in [3.05, 3.63) is 35.5 Å². The molecule has 1 rings (SSSR count). The number of hydrogen-bond donors (Lipinski definition) is 2. The Bertz CT molecular complexity index is 429. The number of rotatable bonds is 7. The van der Waals surface area contributed by atoms with Gasteiger partial charge in [-0.1, -0.05) is 49.3 Å². The van der Waals surface area contributed by atoms with E-state index in [4.69, 9.17) is 5.11 Å². The van der Waals surface area contributed by atoms with Gasteiger partial charge in [-0.2, -0.15) is 0 Å². The van der Waals surface area contributed by atoms with Crippen molar-refractivity contribution in [3.8, 4) is 0 Å². The maximum absolute atomic E-state index is 10.1. The first-order chi connectivity index (χ1) is 10.3. The van der Waals surface area contributed by atoms with Crippen LogP contribution in [0.5, 0.6) is 0 Å². The largest absolute Gasteiger partial charge is 0.392 e. The molecule has 1 fully saturated rings. The molecule has 1 saturated carbocycles. The fourth-order valence-electron chi connectivity index (χ4n) is 3.68. The summed E-state index contributed by atoms with van der Waals surface area (Å²) >= 11 is 0. The van der Waals surface area contributed by atoms with E-state index in [0.717, 1.165) is 18.4 Å². The van der Waals surface area contributed by atoms with Crippen LogP contribution in [0.4, 0.5) is 0 Å². The molecule has 0 saturated heterocycles. The molecule has 0 bridgehead atoms. The summed E-state index contributed by atoms with van der Waals surface area (Å²) in [5.74, 6) is 0.595. The molecule has 1 aliphatic carbocycles. The summed E-state index contributed by atoms with van der Waals surface area (Å²) in [6.07, 6.45) is 9.74. The monoisotopic (exact) mass is 306 g/mol. The molecule has 2 atom stereocenters. The molecule has 0 aliphatic heterocycles. The minimum atomic E-state index is -0.453. The lowest BCUT2D eigenvalue weighted by atomic mass is 9.65. The van der Waals surface area contributed by atoms with E-state index in [1.807, 2.05) is 13.0 Å². The first-order valence-corrected chi connectivity index (χ1v) is 8.55. The first-order valence-electron chi connectivity index (χ1n) is 8.55. The van der Waals surface area contributed by atoms with Gasteiger partial charge < -0.3 is 10.2 Å². The highest BCUT2D eigenvalue weighted by atomic mass is 16.3. The van der Waals surface area contributed by atoms with Crippen LogP contribution in [-0.4, -0.2) is 22.9 Å². The molecular weight excluding hydrogens is 272 g/mol. The fraction of sp³-hybridized carbons (Fsp3) is 0.700.